The molecular formula is C29H32N4O9. The first-order valence-electron chi connectivity index (χ1n) is 13.4. The van der Waals surface area contributed by atoms with Gasteiger partial charge in [0.15, 0.2) is 18.5 Å². The number of aromatic nitrogens is 1. The fraction of sp³-hybridized carbons (Fsp3) is 0.310. The van der Waals surface area contributed by atoms with Crippen molar-refractivity contribution in [3.05, 3.63) is 65.7 Å². The zero-order chi connectivity index (χ0) is 30.6. The Hall–Kier alpha value is -4.88. The number of rotatable bonds is 5. The van der Waals surface area contributed by atoms with Crippen molar-refractivity contribution >= 4 is 52.2 Å². The number of pyridine rings is 1. The summed E-state index contributed by atoms with van der Waals surface area (Å²) < 4.78 is 0. The summed E-state index contributed by atoms with van der Waals surface area (Å²) in [6.45, 7) is 4.71. The predicted octanol–water partition coefficient (Wildman–Crippen LogP) is -2.84. The first kappa shape index (κ1) is 31.6. The Labute approximate surface area is 241 Å². The molecule has 0 spiro atoms. The summed E-state index contributed by atoms with van der Waals surface area (Å²) in [6, 6.07) is 18.8. The van der Waals surface area contributed by atoms with Gasteiger partial charge >= 0.3 is 11.9 Å². The number of quaternary nitrogens is 2. The maximum Gasteiger partial charge on any atom is 0.351 e. The van der Waals surface area contributed by atoms with Crippen molar-refractivity contribution < 1.29 is 54.2 Å². The molecule has 0 saturated carbocycles. The van der Waals surface area contributed by atoms with E-state index in [-0.39, 0.29) is 5.91 Å². The van der Waals surface area contributed by atoms with Gasteiger partial charge in [-0.3, -0.25) is 9.69 Å². The second-order valence-electron chi connectivity index (χ2n) is 9.82. The third-order valence-electron chi connectivity index (χ3n) is 6.85. The Morgan fingerprint density at radius 1 is 0.810 bits per heavy atom. The lowest BCUT2D eigenvalue weighted by Gasteiger charge is -2.23. The van der Waals surface area contributed by atoms with Crippen LogP contribution in [0.3, 0.4) is 0 Å². The van der Waals surface area contributed by atoms with Crippen LogP contribution in [0.25, 0.3) is 10.9 Å². The molecule has 5 N–H and O–H groups in total. The Morgan fingerprint density at radius 2 is 1.38 bits per heavy atom. The SMILES string of the molecule is O=C(C[NH+]1CCCCC1)Nc1c2c(nc3ccccc13)[NH+](Cc1ccccc1)CC2.O=C([O-])C(=O)O.O=C([O-])C(=O)O. The van der Waals surface area contributed by atoms with Gasteiger partial charge in [0.25, 0.3) is 5.91 Å². The minimum Gasteiger partial charge on any atom is -0.539 e. The van der Waals surface area contributed by atoms with Gasteiger partial charge in [0.1, 0.15) is 6.54 Å². The Kier molecular flexibility index (Phi) is 11.5. The summed E-state index contributed by atoms with van der Waals surface area (Å²) in [5.41, 5.74) is 4.47. The number of carbonyl (C=O) groups excluding carboxylic acids is 3. The van der Waals surface area contributed by atoms with E-state index in [1.165, 1.54) is 40.2 Å². The summed E-state index contributed by atoms with van der Waals surface area (Å²) in [6.07, 6.45) is 4.71. The molecule has 13 nitrogen and oxygen atoms in total. The number of aliphatic carboxylic acids is 4. The molecule has 13 heteroatoms. The first-order valence-corrected chi connectivity index (χ1v) is 13.4. The Balaban J connectivity index is 0.000000342. The van der Waals surface area contributed by atoms with Crippen LogP contribution < -0.4 is 25.3 Å². The van der Waals surface area contributed by atoms with Gasteiger partial charge in [0.05, 0.1) is 36.4 Å². The highest BCUT2D eigenvalue weighted by Crippen LogP contribution is 2.32. The maximum absolute atomic E-state index is 12.9. The van der Waals surface area contributed by atoms with E-state index < -0.39 is 23.9 Å². The van der Waals surface area contributed by atoms with Crippen molar-refractivity contribution in [3.8, 4) is 0 Å². The quantitative estimate of drug-likeness (QED) is 0.195. The van der Waals surface area contributed by atoms with Crippen LogP contribution in [0.15, 0.2) is 54.6 Å². The number of likely N-dealkylation sites (tertiary alicyclic amines) is 1. The molecule has 1 amide bonds. The minimum absolute atomic E-state index is 0.127. The molecule has 1 unspecified atom stereocenters. The molecule has 2 aliphatic heterocycles. The molecule has 222 valence electrons. The molecule has 1 fully saturated rings. The van der Waals surface area contributed by atoms with Crippen molar-refractivity contribution in [2.75, 3.05) is 31.5 Å². The molecule has 3 aromatic rings. The van der Waals surface area contributed by atoms with E-state index in [0.717, 1.165) is 55.0 Å². The van der Waals surface area contributed by atoms with Crippen molar-refractivity contribution in [1.29, 1.82) is 0 Å². The molecule has 2 aromatic carbocycles. The average molecular weight is 581 g/mol. The highest BCUT2D eigenvalue weighted by molar-refractivity contribution is 6.26. The van der Waals surface area contributed by atoms with Crippen molar-refractivity contribution in [1.82, 2.24) is 4.98 Å². The van der Waals surface area contributed by atoms with Gasteiger partial charge in [-0.05, 0) is 25.3 Å². The number of anilines is 1. The van der Waals surface area contributed by atoms with Crippen LogP contribution in [-0.2, 0) is 36.9 Å². The summed E-state index contributed by atoms with van der Waals surface area (Å²) >= 11 is 0. The van der Waals surface area contributed by atoms with Crippen molar-refractivity contribution in [3.63, 3.8) is 0 Å². The van der Waals surface area contributed by atoms with Crippen LogP contribution in [0.1, 0.15) is 30.4 Å². The van der Waals surface area contributed by atoms with Crippen LogP contribution in [0.5, 0.6) is 0 Å². The topological polar surface area (TPSA) is 206 Å². The van der Waals surface area contributed by atoms with Gasteiger partial charge < -0.3 is 40.2 Å². The van der Waals surface area contributed by atoms with E-state index >= 15 is 0 Å². The fourth-order valence-corrected chi connectivity index (χ4v) is 4.98. The largest absolute Gasteiger partial charge is 0.539 e. The van der Waals surface area contributed by atoms with E-state index in [0.29, 0.717) is 6.54 Å². The second-order valence-corrected chi connectivity index (χ2v) is 9.82. The second kappa shape index (κ2) is 15.2. The highest BCUT2D eigenvalue weighted by Gasteiger charge is 2.31. The highest BCUT2D eigenvalue weighted by atomic mass is 16.4. The average Bonchev–Trinajstić information content (AvgIpc) is 3.36. The molecule has 3 heterocycles. The third-order valence-corrected chi connectivity index (χ3v) is 6.85. The number of amides is 1. The predicted molar refractivity (Wildman–Crippen MR) is 144 cm³/mol. The molecule has 2 aliphatic rings. The summed E-state index contributed by atoms with van der Waals surface area (Å²) in [5, 5.41) is 37.0. The molecule has 1 atom stereocenters. The van der Waals surface area contributed by atoms with Gasteiger partial charge in [-0.1, -0.05) is 48.5 Å². The van der Waals surface area contributed by atoms with Gasteiger partial charge in [-0.25, -0.2) is 9.59 Å². The zero-order valence-corrected chi connectivity index (χ0v) is 22.8. The lowest BCUT2D eigenvalue weighted by molar-refractivity contribution is -0.896. The number of benzene rings is 2. The smallest absolute Gasteiger partial charge is 0.351 e. The lowest BCUT2D eigenvalue weighted by Crippen LogP contribution is -3.13. The maximum atomic E-state index is 12.9. The molecule has 42 heavy (non-hydrogen) atoms. The number of carbonyl (C=O) groups is 5. The molecule has 1 saturated heterocycles. The first-order chi connectivity index (χ1) is 20.1. The molecule has 1 aromatic heterocycles. The van der Waals surface area contributed by atoms with Crippen molar-refractivity contribution in [2.45, 2.75) is 32.2 Å². The van der Waals surface area contributed by atoms with E-state index in [9.17, 15) is 4.79 Å². The van der Waals surface area contributed by atoms with Gasteiger partial charge in [-0.15, -0.1) is 0 Å². The van der Waals surface area contributed by atoms with Crippen LogP contribution in [0, 0.1) is 0 Å². The van der Waals surface area contributed by atoms with Crippen LogP contribution in [0.2, 0.25) is 0 Å². The molecular weight excluding hydrogens is 548 g/mol. The number of nitrogens with zero attached hydrogens (tertiary/aromatic N) is 1. The number of para-hydroxylation sites is 1. The van der Waals surface area contributed by atoms with E-state index in [2.05, 4.69) is 47.8 Å². The monoisotopic (exact) mass is 580 g/mol. The molecule has 0 aliphatic carbocycles. The molecule has 0 bridgehead atoms. The van der Waals surface area contributed by atoms with Gasteiger partial charge in [0.2, 0.25) is 5.82 Å². The van der Waals surface area contributed by atoms with Crippen molar-refractivity contribution in [2.24, 2.45) is 0 Å². The van der Waals surface area contributed by atoms with Crippen LogP contribution in [-0.4, -0.2) is 71.2 Å². The number of fused-ring (bicyclic) bond motifs is 2. The standard InChI is InChI=1S/C25H28N4O.2C2H2O4/c30-23(18-28-14-7-2-8-15-28)27-24-20-11-5-6-12-22(20)26-25-21(24)13-16-29(25)17-19-9-3-1-4-10-19;2*3-1(4)2(5)6/h1,3-6,9-12H,2,7-8,13-18H2,(H,26,27,30);2*(H,3,4)(H,5,6). The molecule has 0 radical (unpaired) electrons. The lowest BCUT2D eigenvalue weighted by atomic mass is 10.1. The summed E-state index contributed by atoms with van der Waals surface area (Å²) in [4.78, 5) is 56.8. The van der Waals surface area contributed by atoms with E-state index in [1.54, 1.807) is 0 Å². The summed E-state index contributed by atoms with van der Waals surface area (Å²) in [5.74, 6) is -6.80. The van der Waals surface area contributed by atoms with E-state index in [4.69, 9.17) is 44.6 Å². The van der Waals surface area contributed by atoms with Gasteiger partial charge in [0, 0.05) is 17.4 Å². The number of nitrogens with one attached hydrogen (secondary N) is 3. The fourth-order valence-electron chi connectivity index (χ4n) is 4.98. The number of piperidine rings is 1. The van der Waals surface area contributed by atoms with Crippen LogP contribution >= 0.6 is 0 Å². The minimum atomic E-state index is -2.07. The van der Waals surface area contributed by atoms with E-state index in [1.807, 2.05) is 12.1 Å². The third kappa shape index (κ3) is 9.08. The number of carboxylic acids is 4. The van der Waals surface area contributed by atoms with Gasteiger partial charge in [-0.2, -0.15) is 4.98 Å². The Bertz CT molecular complexity index is 1390. The molecule has 5 rings (SSSR count). The number of hydrogen-bond acceptors (Lipinski definition) is 8. The number of carboxylic acid groups (broad SMARTS) is 4. The summed E-state index contributed by atoms with van der Waals surface area (Å²) in [7, 11) is 0. The zero-order valence-electron chi connectivity index (χ0n) is 22.8. The number of hydrogen-bond donors (Lipinski definition) is 5. The Morgan fingerprint density at radius 3 is 1.98 bits per heavy atom. The van der Waals surface area contributed by atoms with Crippen LogP contribution in [0.4, 0.5) is 11.5 Å². The normalized spacial score (nSPS) is 15.7.